The van der Waals surface area contributed by atoms with Crippen molar-refractivity contribution in [2.75, 3.05) is 19.1 Å². The highest BCUT2D eigenvalue weighted by Gasteiger charge is 2.28. The minimum Gasteiger partial charge on any atom is -0.462 e. The van der Waals surface area contributed by atoms with E-state index < -0.39 is 8.32 Å². The average Bonchev–Trinajstić information content (AvgIpc) is 2.44. The van der Waals surface area contributed by atoms with Crippen molar-refractivity contribution in [2.24, 2.45) is 0 Å². The van der Waals surface area contributed by atoms with Gasteiger partial charge in [0.2, 0.25) is 8.32 Å². The maximum atomic E-state index is 11.1. The van der Waals surface area contributed by atoms with Crippen LogP contribution in [0, 0.1) is 0 Å². The summed E-state index contributed by atoms with van der Waals surface area (Å²) in [6.45, 7) is 5.58. The molecular weight excluding hydrogens is 276 g/mol. The molecule has 0 aromatic heterocycles. The standard InChI is InChI=1S/C14H28O5Si/c1-13(2)14(17)19-9-7-5-3-4-6-8-10-20(18,11-15)12-16/h15-16,18H,1,3-12H2,2H3. The van der Waals surface area contributed by atoms with Gasteiger partial charge in [-0.05, 0) is 19.4 Å². The Morgan fingerprint density at radius 1 is 1.05 bits per heavy atom. The van der Waals surface area contributed by atoms with Crippen molar-refractivity contribution in [3.8, 4) is 0 Å². The molecule has 0 amide bonds. The topological polar surface area (TPSA) is 87.0 Å². The Morgan fingerprint density at radius 2 is 1.55 bits per heavy atom. The number of aliphatic hydroxyl groups excluding tert-OH is 2. The van der Waals surface area contributed by atoms with E-state index in [2.05, 4.69) is 6.58 Å². The summed E-state index contributed by atoms with van der Waals surface area (Å²) in [6, 6.07) is 0.552. The third-order valence-electron chi connectivity index (χ3n) is 3.21. The minimum absolute atomic E-state index is 0.266. The van der Waals surface area contributed by atoms with Crippen LogP contribution in [0.2, 0.25) is 6.04 Å². The lowest BCUT2D eigenvalue weighted by atomic mass is 10.1. The molecule has 0 saturated carbocycles. The fraction of sp³-hybridized carbons (Fsp3) is 0.786. The maximum Gasteiger partial charge on any atom is 0.333 e. The molecule has 0 aliphatic rings. The molecular formula is C14H28O5Si. The van der Waals surface area contributed by atoms with E-state index >= 15 is 0 Å². The molecule has 0 fully saturated rings. The molecule has 0 rings (SSSR count). The van der Waals surface area contributed by atoms with E-state index in [1.807, 2.05) is 0 Å². The largest absolute Gasteiger partial charge is 0.462 e. The summed E-state index contributed by atoms with van der Waals surface area (Å²) >= 11 is 0. The first-order chi connectivity index (χ1) is 9.45. The van der Waals surface area contributed by atoms with Crippen molar-refractivity contribution in [1.82, 2.24) is 0 Å². The summed E-state index contributed by atoms with van der Waals surface area (Å²) < 4.78 is 4.98. The zero-order chi connectivity index (χ0) is 15.4. The molecule has 6 heteroatoms. The van der Waals surface area contributed by atoms with Gasteiger partial charge in [0, 0.05) is 5.57 Å². The molecule has 0 spiro atoms. The molecule has 0 aromatic carbocycles. The van der Waals surface area contributed by atoms with Crippen LogP contribution in [0.4, 0.5) is 0 Å². The van der Waals surface area contributed by atoms with Gasteiger partial charge >= 0.3 is 5.97 Å². The van der Waals surface area contributed by atoms with Crippen molar-refractivity contribution < 1.29 is 24.5 Å². The number of esters is 1. The summed E-state index contributed by atoms with van der Waals surface area (Å²) in [4.78, 5) is 20.9. The molecule has 0 heterocycles. The van der Waals surface area contributed by atoms with E-state index in [0.29, 0.717) is 18.2 Å². The number of rotatable bonds is 12. The molecule has 3 N–H and O–H groups in total. The Balaban J connectivity index is 3.37. The number of aliphatic hydroxyl groups is 2. The van der Waals surface area contributed by atoms with Gasteiger partial charge in [-0.25, -0.2) is 4.79 Å². The first-order valence-electron chi connectivity index (χ1n) is 7.22. The molecule has 0 aliphatic heterocycles. The van der Waals surface area contributed by atoms with E-state index in [0.717, 1.165) is 38.5 Å². The van der Waals surface area contributed by atoms with Gasteiger partial charge in [-0.3, -0.25) is 0 Å². The van der Waals surface area contributed by atoms with Crippen LogP contribution in [0.1, 0.15) is 45.4 Å². The van der Waals surface area contributed by atoms with Gasteiger partial charge in [0.15, 0.2) is 0 Å². The lowest BCUT2D eigenvalue weighted by Gasteiger charge is -2.19. The quantitative estimate of drug-likeness (QED) is 0.220. The molecule has 0 aromatic rings. The second-order valence-corrected chi connectivity index (χ2v) is 8.91. The second-order valence-electron chi connectivity index (χ2n) is 5.33. The lowest BCUT2D eigenvalue weighted by Crippen LogP contribution is -2.44. The molecule has 5 nitrogen and oxygen atoms in total. The molecule has 118 valence electrons. The van der Waals surface area contributed by atoms with Crippen LogP contribution in [0.3, 0.4) is 0 Å². The fourth-order valence-corrected chi connectivity index (χ4v) is 3.08. The van der Waals surface area contributed by atoms with Gasteiger partial charge < -0.3 is 19.7 Å². The SMILES string of the molecule is C=C(C)C(=O)OCCCCCCCC[Si](O)(CO)CO. The van der Waals surface area contributed by atoms with Crippen molar-refractivity contribution in [1.29, 1.82) is 0 Å². The fourth-order valence-electron chi connectivity index (χ4n) is 1.76. The van der Waals surface area contributed by atoms with Gasteiger partial charge in [0.25, 0.3) is 0 Å². The molecule has 20 heavy (non-hydrogen) atoms. The average molecular weight is 304 g/mol. The normalized spacial score (nSPS) is 11.4. The monoisotopic (exact) mass is 304 g/mol. The van der Waals surface area contributed by atoms with Crippen LogP contribution >= 0.6 is 0 Å². The molecule has 0 unspecified atom stereocenters. The molecule has 0 aliphatic carbocycles. The highest BCUT2D eigenvalue weighted by atomic mass is 28.4. The van der Waals surface area contributed by atoms with E-state index in [9.17, 15) is 9.59 Å². The van der Waals surface area contributed by atoms with Crippen LogP contribution in [0.15, 0.2) is 12.2 Å². The Kier molecular flexibility index (Phi) is 10.6. The Hall–Kier alpha value is -0.693. The minimum atomic E-state index is -2.76. The van der Waals surface area contributed by atoms with Crippen molar-refractivity contribution in [3.05, 3.63) is 12.2 Å². The molecule has 0 atom stereocenters. The van der Waals surface area contributed by atoms with Crippen LogP contribution in [-0.4, -0.2) is 48.4 Å². The molecule has 0 radical (unpaired) electrons. The van der Waals surface area contributed by atoms with E-state index in [1.165, 1.54) is 0 Å². The Labute approximate surface area is 122 Å². The zero-order valence-corrected chi connectivity index (χ0v) is 13.4. The number of ether oxygens (including phenoxy) is 1. The van der Waals surface area contributed by atoms with Crippen LogP contribution in [0.5, 0.6) is 0 Å². The van der Waals surface area contributed by atoms with E-state index in [-0.39, 0.29) is 18.4 Å². The van der Waals surface area contributed by atoms with Gasteiger partial charge in [-0.2, -0.15) is 0 Å². The lowest BCUT2D eigenvalue weighted by molar-refractivity contribution is -0.139. The number of hydrogen-bond acceptors (Lipinski definition) is 5. The first kappa shape index (κ1) is 19.3. The highest BCUT2D eigenvalue weighted by Crippen LogP contribution is 2.13. The first-order valence-corrected chi connectivity index (χ1v) is 9.79. The van der Waals surface area contributed by atoms with Gasteiger partial charge in [-0.15, -0.1) is 0 Å². The number of carbonyl (C=O) groups excluding carboxylic acids is 1. The number of unbranched alkanes of at least 4 members (excludes halogenated alkanes) is 5. The van der Waals surface area contributed by atoms with Crippen molar-refractivity contribution in [2.45, 2.75) is 51.5 Å². The van der Waals surface area contributed by atoms with Gasteiger partial charge in [-0.1, -0.05) is 38.7 Å². The van der Waals surface area contributed by atoms with Gasteiger partial charge in [0.1, 0.15) is 0 Å². The third kappa shape index (κ3) is 9.25. The summed E-state index contributed by atoms with van der Waals surface area (Å²) in [5.74, 6) is -0.331. The number of hydrogen-bond donors (Lipinski definition) is 3. The summed E-state index contributed by atoms with van der Waals surface area (Å²) in [7, 11) is -2.76. The van der Waals surface area contributed by atoms with Crippen LogP contribution < -0.4 is 0 Å². The molecule has 0 saturated heterocycles. The maximum absolute atomic E-state index is 11.1. The number of carbonyl (C=O) groups is 1. The molecule has 0 bridgehead atoms. The Bertz CT molecular complexity index is 289. The van der Waals surface area contributed by atoms with E-state index in [1.54, 1.807) is 6.92 Å². The van der Waals surface area contributed by atoms with Crippen LogP contribution in [0.25, 0.3) is 0 Å². The predicted molar refractivity (Wildman–Crippen MR) is 80.4 cm³/mol. The Morgan fingerprint density at radius 3 is 2.05 bits per heavy atom. The second kappa shape index (κ2) is 11.0. The summed E-state index contributed by atoms with van der Waals surface area (Å²) in [5.41, 5.74) is 0.425. The summed E-state index contributed by atoms with van der Waals surface area (Å²) in [6.07, 6.45) is 5.26. The van der Waals surface area contributed by atoms with Crippen molar-refractivity contribution in [3.63, 3.8) is 0 Å². The third-order valence-corrected chi connectivity index (χ3v) is 5.67. The summed E-state index contributed by atoms with van der Waals surface area (Å²) in [5, 5.41) is 17.9. The van der Waals surface area contributed by atoms with Gasteiger partial charge in [0.05, 0.1) is 19.1 Å². The van der Waals surface area contributed by atoms with Crippen molar-refractivity contribution >= 4 is 14.3 Å². The zero-order valence-electron chi connectivity index (χ0n) is 12.4. The van der Waals surface area contributed by atoms with Crippen LogP contribution in [-0.2, 0) is 9.53 Å². The predicted octanol–water partition coefficient (Wildman–Crippen LogP) is 1.45. The smallest absolute Gasteiger partial charge is 0.333 e. The highest BCUT2D eigenvalue weighted by molar-refractivity contribution is 6.72. The van der Waals surface area contributed by atoms with E-state index in [4.69, 9.17) is 14.9 Å².